The lowest BCUT2D eigenvalue weighted by Crippen LogP contribution is -2.36. The fraction of sp³-hybridized carbons (Fsp3) is 0.250. The fourth-order valence-electron chi connectivity index (χ4n) is 5.03. The van der Waals surface area contributed by atoms with Crippen molar-refractivity contribution in [1.82, 2.24) is 34.1 Å². The van der Waals surface area contributed by atoms with Crippen LogP contribution in [0, 0.1) is 6.92 Å². The first-order valence-electron chi connectivity index (χ1n) is 12.8. The molecular weight excluding hydrogens is 496 g/mol. The van der Waals surface area contributed by atoms with Crippen molar-refractivity contribution in [3.05, 3.63) is 84.7 Å². The Kier molecular flexibility index (Phi) is 6.64. The Hall–Kier alpha value is -4.77. The van der Waals surface area contributed by atoms with E-state index < -0.39 is 0 Å². The van der Waals surface area contributed by atoms with Crippen LogP contribution in [-0.4, -0.2) is 64.8 Å². The molecule has 6 rings (SSSR count). The minimum absolute atomic E-state index is 0.0585. The summed E-state index contributed by atoms with van der Waals surface area (Å²) in [7, 11) is 0. The van der Waals surface area contributed by atoms with Crippen LogP contribution in [-0.2, 0) is 4.79 Å². The van der Waals surface area contributed by atoms with Gasteiger partial charge >= 0.3 is 0 Å². The minimum Gasteiger partial charge on any atom is -0.457 e. The van der Waals surface area contributed by atoms with E-state index in [9.17, 15) is 4.79 Å². The maximum Gasteiger partial charge on any atom is 0.246 e. The number of aromatic nitrogens is 6. The number of rotatable bonds is 7. The van der Waals surface area contributed by atoms with Gasteiger partial charge in [0, 0.05) is 43.3 Å². The largest absolute Gasteiger partial charge is 0.457 e. The highest BCUT2D eigenvalue weighted by Gasteiger charge is 2.26. The summed E-state index contributed by atoms with van der Waals surface area (Å²) in [6, 6.07) is 11.7. The average Bonchev–Trinajstić information content (AvgIpc) is 3.61. The Morgan fingerprint density at radius 1 is 1.08 bits per heavy atom. The number of fused-ring (bicyclic) bond motifs is 2. The first kappa shape index (κ1) is 24.6. The number of amides is 1. The van der Waals surface area contributed by atoms with Gasteiger partial charge in [-0.2, -0.15) is 10.2 Å². The maximum absolute atomic E-state index is 12.3. The van der Waals surface area contributed by atoms with Gasteiger partial charge in [-0.3, -0.25) is 4.79 Å². The number of nitrogens with zero attached hydrogens (tertiary/aromatic N) is 7. The highest BCUT2D eigenvalue weighted by atomic mass is 16.5. The molecular formula is C28H28N8O3. The number of ether oxygens (including phenoxy) is 1. The number of likely N-dealkylation sites (tertiary alicyclic amines) is 1. The number of carbonyl (C=O) groups is 1. The summed E-state index contributed by atoms with van der Waals surface area (Å²) in [5.41, 5.74) is 4.67. The van der Waals surface area contributed by atoms with Crippen molar-refractivity contribution in [3.8, 4) is 11.5 Å². The lowest BCUT2D eigenvalue weighted by atomic mass is 9.90. The van der Waals surface area contributed by atoms with Crippen LogP contribution in [0.4, 0.5) is 11.5 Å². The molecule has 11 nitrogen and oxygen atoms in total. The number of aliphatic hydroxyl groups excluding tert-OH is 1. The van der Waals surface area contributed by atoms with E-state index in [0.29, 0.717) is 18.8 Å². The van der Waals surface area contributed by atoms with Crippen molar-refractivity contribution >= 4 is 28.6 Å². The zero-order valence-electron chi connectivity index (χ0n) is 21.4. The lowest BCUT2D eigenvalue weighted by Gasteiger charge is -2.31. The van der Waals surface area contributed by atoms with Crippen molar-refractivity contribution in [2.75, 3.05) is 25.0 Å². The third kappa shape index (κ3) is 5.04. The quantitative estimate of drug-likeness (QED) is 0.308. The smallest absolute Gasteiger partial charge is 0.246 e. The van der Waals surface area contributed by atoms with Crippen molar-refractivity contribution in [2.24, 2.45) is 0 Å². The average molecular weight is 525 g/mol. The molecule has 5 heterocycles. The number of aryl methyl sites for hydroxylation is 1. The molecule has 1 aliphatic rings. The predicted molar refractivity (Wildman–Crippen MR) is 145 cm³/mol. The number of piperidine rings is 1. The third-order valence-electron chi connectivity index (χ3n) is 7.01. The van der Waals surface area contributed by atoms with Gasteiger partial charge in [0.05, 0.1) is 6.61 Å². The summed E-state index contributed by atoms with van der Waals surface area (Å²) < 4.78 is 9.64. The summed E-state index contributed by atoms with van der Waals surface area (Å²) in [6.07, 6.45) is 11.4. The van der Waals surface area contributed by atoms with Gasteiger partial charge in [0.25, 0.3) is 0 Å². The SMILES string of the molecule is Cc1cc(Nc2ncnn3ccc(C4CCN(C(=O)/C=C/CO)CC4)c23)ccc1Oc1ccn2ncnc2c1. The number of hydrogen-bond acceptors (Lipinski definition) is 8. The lowest BCUT2D eigenvalue weighted by molar-refractivity contribution is -0.127. The molecule has 0 aliphatic carbocycles. The van der Waals surface area contributed by atoms with E-state index in [-0.39, 0.29) is 18.4 Å². The van der Waals surface area contributed by atoms with Gasteiger partial charge in [-0.1, -0.05) is 6.08 Å². The molecule has 1 fully saturated rings. The molecule has 0 radical (unpaired) electrons. The standard InChI is InChI=1S/C28H28N8O3/c1-19-15-21(4-5-24(19)39-22-8-12-35-25(16-22)29-17-31-35)33-28-27-23(9-13-36(27)32-18-30-28)20-6-10-34(11-7-20)26(38)3-2-14-37/h2-5,8-9,12-13,15-18,20,37H,6-7,10-11,14H2,1H3,(H,30,32,33)/b3-2+. The number of carbonyl (C=O) groups excluding carboxylic acids is 1. The first-order valence-corrected chi connectivity index (χ1v) is 12.8. The molecule has 4 aromatic heterocycles. The van der Waals surface area contributed by atoms with Crippen LogP contribution >= 0.6 is 0 Å². The predicted octanol–water partition coefficient (Wildman–Crippen LogP) is 3.87. The van der Waals surface area contributed by atoms with Crippen molar-refractivity contribution in [2.45, 2.75) is 25.7 Å². The first-order chi connectivity index (χ1) is 19.1. The maximum atomic E-state index is 12.3. The van der Waals surface area contributed by atoms with E-state index in [2.05, 4.69) is 31.5 Å². The zero-order valence-corrected chi connectivity index (χ0v) is 21.4. The number of hydrogen-bond donors (Lipinski definition) is 2. The number of nitrogens with one attached hydrogen (secondary N) is 1. The van der Waals surface area contributed by atoms with Crippen molar-refractivity contribution < 1.29 is 14.6 Å². The van der Waals surface area contributed by atoms with E-state index in [0.717, 1.165) is 52.4 Å². The molecule has 0 atom stereocenters. The van der Waals surface area contributed by atoms with Gasteiger partial charge in [0.15, 0.2) is 11.5 Å². The fourth-order valence-corrected chi connectivity index (χ4v) is 5.03. The molecule has 2 N–H and O–H groups in total. The molecule has 39 heavy (non-hydrogen) atoms. The second-order valence-electron chi connectivity index (χ2n) is 9.49. The van der Waals surface area contributed by atoms with E-state index >= 15 is 0 Å². The van der Waals surface area contributed by atoms with Crippen molar-refractivity contribution in [1.29, 1.82) is 0 Å². The number of anilines is 2. The highest BCUT2D eigenvalue weighted by Crippen LogP contribution is 2.35. The highest BCUT2D eigenvalue weighted by molar-refractivity contribution is 5.87. The van der Waals surface area contributed by atoms with Gasteiger partial charge in [-0.25, -0.2) is 19.0 Å². The molecule has 198 valence electrons. The monoisotopic (exact) mass is 524 g/mol. The van der Waals surface area contributed by atoms with E-state index in [1.54, 1.807) is 10.8 Å². The van der Waals surface area contributed by atoms with Crippen LogP contribution in [0.15, 0.2) is 73.6 Å². The van der Waals surface area contributed by atoms with Crippen LogP contribution in [0.5, 0.6) is 11.5 Å². The Balaban J connectivity index is 1.19. The van der Waals surface area contributed by atoms with Crippen LogP contribution in [0.1, 0.15) is 29.9 Å². The summed E-state index contributed by atoms with van der Waals surface area (Å²) in [6.45, 7) is 3.19. The molecule has 5 aromatic rings. The molecule has 0 bridgehead atoms. The molecule has 0 unspecified atom stereocenters. The topological polar surface area (TPSA) is 122 Å². The number of aliphatic hydroxyl groups is 1. The van der Waals surface area contributed by atoms with Gasteiger partial charge in [-0.05, 0) is 67.1 Å². The normalized spacial score (nSPS) is 14.5. The Bertz CT molecular complexity index is 1670. The second-order valence-corrected chi connectivity index (χ2v) is 9.49. The Morgan fingerprint density at radius 3 is 2.69 bits per heavy atom. The van der Waals surface area contributed by atoms with E-state index in [1.165, 1.54) is 18.5 Å². The van der Waals surface area contributed by atoms with Crippen molar-refractivity contribution in [3.63, 3.8) is 0 Å². The van der Waals surface area contributed by atoms with Gasteiger partial charge < -0.3 is 20.1 Å². The summed E-state index contributed by atoms with van der Waals surface area (Å²) >= 11 is 0. The third-order valence-corrected chi connectivity index (χ3v) is 7.01. The zero-order chi connectivity index (χ0) is 26.8. The molecule has 1 aliphatic heterocycles. The van der Waals surface area contributed by atoms with E-state index in [1.807, 2.05) is 59.1 Å². The summed E-state index contributed by atoms with van der Waals surface area (Å²) in [5, 5.41) is 20.9. The molecule has 0 spiro atoms. The molecule has 11 heteroatoms. The molecule has 1 saturated heterocycles. The Labute approximate surface area is 224 Å². The van der Waals surface area contributed by atoms with Crippen LogP contribution in [0.25, 0.3) is 11.2 Å². The van der Waals surface area contributed by atoms with Gasteiger partial charge in [-0.15, -0.1) is 0 Å². The van der Waals surface area contributed by atoms with Crippen LogP contribution in [0.3, 0.4) is 0 Å². The molecule has 0 saturated carbocycles. The number of pyridine rings is 1. The summed E-state index contributed by atoms with van der Waals surface area (Å²) in [5.74, 6) is 2.38. The minimum atomic E-state index is -0.135. The van der Waals surface area contributed by atoms with Gasteiger partial charge in [0.1, 0.15) is 29.7 Å². The number of benzene rings is 1. The van der Waals surface area contributed by atoms with Crippen LogP contribution < -0.4 is 10.1 Å². The molecule has 1 amide bonds. The second kappa shape index (κ2) is 10.5. The van der Waals surface area contributed by atoms with Gasteiger partial charge in [0.2, 0.25) is 5.91 Å². The van der Waals surface area contributed by atoms with E-state index in [4.69, 9.17) is 9.84 Å². The Morgan fingerprint density at radius 2 is 1.87 bits per heavy atom. The molecule has 1 aromatic carbocycles. The van der Waals surface area contributed by atoms with Crippen LogP contribution in [0.2, 0.25) is 0 Å². The summed E-state index contributed by atoms with van der Waals surface area (Å²) in [4.78, 5) is 22.9.